The molecule has 0 atom stereocenters. The molecule has 3 rings (SSSR count). The number of aliphatic hydroxyl groups excluding tert-OH is 1. The van der Waals surface area contributed by atoms with Crippen molar-refractivity contribution in [3.05, 3.63) is 59.1 Å². The molecule has 0 bridgehead atoms. The molecule has 1 aromatic heterocycles. The van der Waals surface area contributed by atoms with Gasteiger partial charge in [0, 0.05) is 34.9 Å². The summed E-state index contributed by atoms with van der Waals surface area (Å²) in [5, 5.41) is 15.1. The zero-order chi connectivity index (χ0) is 21.6. The maximum Gasteiger partial charge on any atom is 0.573 e. The maximum absolute atomic E-state index is 12.6. The lowest BCUT2D eigenvalue weighted by atomic mass is 10.1. The van der Waals surface area contributed by atoms with Crippen molar-refractivity contribution in [3.63, 3.8) is 0 Å². The minimum atomic E-state index is -4.78. The van der Waals surface area contributed by atoms with Crippen LogP contribution in [0.15, 0.2) is 59.1 Å². The topological polar surface area (TPSA) is 79.3 Å². The van der Waals surface area contributed by atoms with E-state index in [-0.39, 0.29) is 18.3 Å². The minimum Gasteiger partial charge on any atom is -0.406 e. The summed E-state index contributed by atoms with van der Waals surface area (Å²) in [6, 6.07) is 14.6. The molecule has 0 saturated heterocycles. The van der Waals surface area contributed by atoms with E-state index in [0.29, 0.717) is 30.0 Å². The highest BCUT2D eigenvalue weighted by Gasteiger charge is 2.31. The highest BCUT2D eigenvalue weighted by Crippen LogP contribution is 2.29. The molecule has 0 aliphatic carbocycles. The van der Waals surface area contributed by atoms with Gasteiger partial charge in [-0.3, -0.25) is 0 Å². The standard InChI is InChI=1S/C20H18BrF3N4O2/c21-14-5-2-6-15(11-14)26-18-12-17(27-19(28-18)25-8-3-9-29)13-4-1-7-16(10-13)30-20(22,23)24/h1-2,4-7,10-12,29H,3,8-9H2,(H2,25,26,27,28). The smallest absolute Gasteiger partial charge is 0.406 e. The summed E-state index contributed by atoms with van der Waals surface area (Å²) in [6.45, 7) is 0.445. The molecular weight excluding hydrogens is 465 g/mol. The summed E-state index contributed by atoms with van der Waals surface area (Å²) < 4.78 is 42.6. The Morgan fingerprint density at radius 1 is 1.03 bits per heavy atom. The van der Waals surface area contributed by atoms with Crippen LogP contribution in [-0.2, 0) is 0 Å². The van der Waals surface area contributed by atoms with Crippen LogP contribution in [0.5, 0.6) is 5.75 Å². The zero-order valence-corrected chi connectivity index (χ0v) is 17.2. The monoisotopic (exact) mass is 482 g/mol. The van der Waals surface area contributed by atoms with E-state index in [2.05, 4.69) is 41.3 Å². The fraction of sp³-hybridized carbons (Fsp3) is 0.200. The lowest BCUT2D eigenvalue weighted by Gasteiger charge is -2.13. The number of anilines is 3. The van der Waals surface area contributed by atoms with E-state index in [1.807, 2.05) is 24.3 Å². The molecule has 0 aliphatic heterocycles. The first-order valence-electron chi connectivity index (χ1n) is 8.95. The zero-order valence-electron chi connectivity index (χ0n) is 15.6. The summed E-state index contributed by atoms with van der Waals surface area (Å²) in [5.41, 5.74) is 1.60. The molecule has 0 radical (unpaired) electrons. The van der Waals surface area contributed by atoms with Crippen LogP contribution in [-0.4, -0.2) is 34.6 Å². The third-order valence-corrected chi connectivity index (χ3v) is 4.30. The van der Waals surface area contributed by atoms with Crippen LogP contribution in [0.1, 0.15) is 6.42 Å². The molecular formula is C20H18BrF3N4O2. The van der Waals surface area contributed by atoms with Crippen molar-refractivity contribution in [3.8, 4) is 17.0 Å². The lowest BCUT2D eigenvalue weighted by Crippen LogP contribution is -2.17. The number of nitrogens with one attached hydrogen (secondary N) is 2. The summed E-state index contributed by atoms with van der Waals surface area (Å²) in [6.07, 6.45) is -4.29. The number of nitrogens with zero attached hydrogens (tertiary/aromatic N) is 2. The first-order valence-corrected chi connectivity index (χ1v) is 9.74. The number of halogens is 4. The number of ether oxygens (including phenoxy) is 1. The minimum absolute atomic E-state index is 0.00661. The molecule has 0 amide bonds. The van der Waals surface area contributed by atoms with E-state index in [1.165, 1.54) is 18.2 Å². The highest BCUT2D eigenvalue weighted by molar-refractivity contribution is 9.10. The summed E-state index contributed by atoms with van der Waals surface area (Å²) >= 11 is 3.40. The summed E-state index contributed by atoms with van der Waals surface area (Å²) in [7, 11) is 0. The van der Waals surface area contributed by atoms with E-state index in [0.717, 1.165) is 10.2 Å². The van der Waals surface area contributed by atoms with Gasteiger partial charge in [0.1, 0.15) is 11.6 Å². The van der Waals surface area contributed by atoms with E-state index >= 15 is 0 Å². The number of aliphatic hydroxyl groups is 1. The predicted octanol–water partition coefficient (Wildman–Crippen LogP) is 5.34. The second kappa shape index (κ2) is 9.77. The van der Waals surface area contributed by atoms with Crippen LogP contribution >= 0.6 is 15.9 Å². The van der Waals surface area contributed by atoms with Crippen LogP contribution in [0.25, 0.3) is 11.3 Å². The number of hydrogen-bond donors (Lipinski definition) is 3. The molecule has 0 saturated carbocycles. The van der Waals surface area contributed by atoms with Gasteiger partial charge in [0.25, 0.3) is 0 Å². The average Bonchev–Trinajstić information content (AvgIpc) is 2.67. The summed E-state index contributed by atoms with van der Waals surface area (Å²) in [5.74, 6) is 0.391. The first kappa shape index (κ1) is 21.8. The third kappa shape index (κ3) is 6.60. The van der Waals surface area contributed by atoms with Gasteiger partial charge in [-0.15, -0.1) is 13.2 Å². The third-order valence-electron chi connectivity index (χ3n) is 3.80. The van der Waals surface area contributed by atoms with Gasteiger partial charge < -0.3 is 20.5 Å². The fourth-order valence-electron chi connectivity index (χ4n) is 2.58. The Morgan fingerprint density at radius 2 is 1.83 bits per heavy atom. The van der Waals surface area contributed by atoms with E-state index in [9.17, 15) is 13.2 Å². The van der Waals surface area contributed by atoms with Gasteiger partial charge >= 0.3 is 6.36 Å². The normalized spacial score (nSPS) is 11.2. The van der Waals surface area contributed by atoms with Gasteiger partial charge in [0.15, 0.2) is 0 Å². The number of hydrogen-bond acceptors (Lipinski definition) is 6. The quantitative estimate of drug-likeness (QED) is 0.376. The Morgan fingerprint density at radius 3 is 2.57 bits per heavy atom. The Kier molecular flexibility index (Phi) is 7.11. The Labute approximate surface area is 179 Å². The number of alkyl halides is 3. The van der Waals surface area contributed by atoms with E-state index < -0.39 is 6.36 Å². The molecule has 0 fully saturated rings. The van der Waals surface area contributed by atoms with Crippen LogP contribution in [0.3, 0.4) is 0 Å². The molecule has 0 aliphatic rings. The SMILES string of the molecule is OCCCNc1nc(Nc2cccc(Br)c2)cc(-c2cccc(OC(F)(F)F)c2)n1. The lowest BCUT2D eigenvalue weighted by molar-refractivity contribution is -0.274. The van der Waals surface area contributed by atoms with Crippen LogP contribution in [0.2, 0.25) is 0 Å². The van der Waals surface area contributed by atoms with Crippen molar-refractivity contribution in [2.75, 3.05) is 23.8 Å². The molecule has 0 spiro atoms. The average molecular weight is 483 g/mol. The van der Waals surface area contributed by atoms with Gasteiger partial charge in [0.2, 0.25) is 5.95 Å². The molecule has 10 heteroatoms. The van der Waals surface area contributed by atoms with Crippen molar-refractivity contribution in [2.24, 2.45) is 0 Å². The predicted molar refractivity (Wildman–Crippen MR) is 112 cm³/mol. The van der Waals surface area contributed by atoms with E-state index in [4.69, 9.17) is 5.11 Å². The highest BCUT2D eigenvalue weighted by atomic mass is 79.9. The van der Waals surface area contributed by atoms with Crippen LogP contribution in [0.4, 0.5) is 30.6 Å². The number of benzene rings is 2. The summed E-state index contributed by atoms with van der Waals surface area (Å²) in [4.78, 5) is 8.78. The molecule has 2 aromatic carbocycles. The molecule has 3 aromatic rings. The van der Waals surface area contributed by atoms with Gasteiger partial charge in [-0.05, 0) is 36.8 Å². The Balaban J connectivity index is 1.94. The Bertz CT molecular complexity index is 1000. The molecule has 6 nitrogen and oxygen atoms in total. The van der Waals surface area contributed by atoms with Crippen molar-refractivity contribution in [1.82, 2.24) is 9.97 Å². The molecule has 1 heterocycles. The number of rotatable bonds is 8. The van der Waals surface area contributed by atoms with Crippen molar-refractivity contribution in [1.29, 1.82) is 0 Å². The first-order chi connectivity index (χ1) is 14.3. The van der Waals surface area contributed by atoms with Gasteiger partial charge in [-0.2, -0.15) is 4.98 Å². The molecule has 30 heavy (non-hydrogen) atoms. The van der Waals surface area contributed by atoms with Gasteiger partial charge in [-0.25, -0.2) is 4.98 Å². The van der Waals surface area contributed by atoms with Gasteiger partial charge in [-0.1, -0.05) is 34.1 Å². The van der Waals surface area contributed by atoms with Crippen molar-refractivity contribution in [2.45, 2.75) is 12.8 Å². The Hall–Kier alpha value is -2.85. The molecule has 3 N–H and O–H groups in total. The van der Waals surface area contributed by atoms with E-state index in [1.54, 1.807) is 12.1 Å². The van der Waals surface area contributed by atoms with Crippen molar-refractivity contribution < 1.29 is 23.0 Å². The molecule has 158 valence electrons. The number of aromatic nitrogens is 2. The van der Waals surface area contributed by atoms with Crippen molar-refractivity contribution >= 4 is 33.4 Å². The second-order valence-electron chi connectivity index (χ2n) is 6.18. The van der Waals surface area contributed by atoms with Crippen LogP contribution in [0, 0.1) is 0 Å². The van der Waals surface area contributed by atoms with Crippen LogP contribution < -0.4 is 15.4 Å². The molecule has 0 unspecified atom stereocenters. The maximum atomic E-state index is 12.6. The largest absolute Gasteiger partial charge is 0.573 e. The van der Waals surface area contributed by atoms with Gasteiger partial charge in [0.05, 0.1) is 5.69 Å². The second-order valence-corrected chi connectivity index (χ2v) is 7.09. The fourth-order valence-corrected chi connectivity index (χ4v) is 2.98.